The van der Waals surface area contributed by atoms with Crippen molar-refractivity contribution in [1.82, 2.24) is 4.98 Å². The maximum absolute atomic E-state index is 4.13. The van der Waals surface area contributed by atoms with Gasteiger partial charge in [0.15, 0.2) is 0 Å². The van der Waals surface area contributed by atoms with Gasteiger partial charge in [0.25, 0.3) is 0 Å². The molecule has 0 N–H and O–H groups in total. The Labute approximate surface area is 78.3 Å². The van der Waals surface area contributed by atoms with Gasteiger partial charge in [0.2, 0.25) is 0 Å². The number of hydrogen-bond acceptors (Lipinski definition) is 3. The second kappa shape index (κ2) is 5.19. The van der Waals surface area contributed by atoms with Gasteiger partial charge in [0.05, 0.1) is 0 Å². The second-order valence-corrected chi connectivity index (χ2v) is 2.57. The van der Waals surface area contributed by atoms with Crippen molar-refractivity contribution < 1.29 is 0 Å². The van der Waals surface area contributed by atoms with Gasteiger partial charge in [0.1, 0.15) is 0 Å². The highest BCUT2D eigenvalue weighted by Crippen LogP contribution is 1.97. The standard InChI is InChI=1S/C10H13N3/c1-3-12-6-10-4-9(5-11-2)7-13-8-10/h4-8H,3H2,1-2H3. The molecule has 1 heterocycles. The quantitative estimate of drug-likeness (QED) is 0.642. The summed E-state index contributed by atoms with van der Waals surface area (Å²) in [5, 5.41) is 0. The van der Waals surface area contributed by atoms with E-state index in [9.17, 15) is 0 Å². The van der Waals surface area contributed by atoms with Crippen LogP contribution >= 0.6 is 0 Å². The molecule has 0 spiro atoms. The minimum absolute atomic E-state index is 0.798. The van der Waals surface area contributed by atoms with Gasteiger partial charge in [-0.2, -0.15) is 0 Å². The van der Waals surface area contributed by atoms with E-state index in [1.807, 2.05) is 19.2 Å². The Morgan fingerprint density at radius 2 is 2.00 bits per heavy atom. The van der Waals surface area contributed by atoms with Crippen LogP contribution in [0.15, 0.2) is 28.4 Å². The van der Waals surface area contributed by atoms with E-state index in [1.165, 1.54) is 0 Å². The minimum atomic E-state index is 0.798. The Hall–Kier alpha value is -1.51. The van der Waals surface area contributed by atoms with E-state index in [0.717, 1.165) is 17.7 Å². The first-order valence-corrected chi connectivity index (χ1v) is 4.24. The Balaban J connectivity index is 2.85. The molecule has 1 aromatic rings. The Kier molecular flexibility index (Phi) is 3.82. The molecule has 0 atom stereocenters. The van der Waals surface area contributed by atoms with Crippen LogP contribution in [0.4, 0.5) is 0 Å². The molecule has 3 nitrogen and oxygen atoms in total. The van der Waals surface area contributed by atoms with Crippen molar-refractivity contribution in [2.24, 2.45) is 9.98 Å². The van der Waals surface area contributed by atoms with Crippen LogP contribution in [-0.4, -0.2) is 31.0 Å². The van der Waals surface area contributed by atoms with Gasteiger partial charge in [-0.25, -0.2) is 0 Å². The maximum atomic E-state index is 4.13. The molecule has 0 unspecified atom stereocenters. The lowest BCUT2D eigenvalue weighted by atomic mass is 10.2. The van der Waals surface area contributed by atoms with Crippen molar-refractivity contribution in [2.75, 3.05) is 13.6 Å². The van der Waals surface area contributed by atoms with Crippen molar-refractivity contribution in [3.63, 3.8) is 0 Å². The Bertz CT molecular complexity index is 316. The number of hydrogen-bond donors (Lipinski definition) is 0. The van der Waals surface area contributed by atoms with Crippen molar-refractivity contribution in [1.29, 1.82) is 0 Å². The molecule has 0 aromatic carbocycles. The first kappa shape index (κ1) is 9.58. The number of aliphatic imine (C=N–C) groups is 2. The third-order valence-electron chi connectivity index (χ3n) is 1.48. The monoisotopic (exact) mass is 175 g/mol. The molecule has 0 radical (unpaired) electrons. The summed E-state index contributed by atoms with van der Waals surface area (Å²) < 4.78 is 0. The van der Waals surface area contributed by atoms with Gasteiger partial charge in [0, 0.05) is 49.5 Å². The smallest absolute Gasteiger partial charge is 0.0361 e. The summed E-state index contributed by atoms with van der Waals surface area (Å²) in [5.41, 5.74) is 2.02. The molecular formula is C10H13N3. The normalized spacial score (nSPS) is 11.5. The molecule has 13 heavy (non-hydrogen) atoms. The lowest BCUT2D eigenvalue weighted by Crippen LogP contribution is -1.89. The zero-order valence-corrected chi connectivity index (χ0v) is 7.94. The zero-order valence-electron chi connectivity index (χ0n) is 7.94. The Morgan fingerprint density at radius 3 is 2.62 bits per heavy atom. The first-order chi connectivity index (χ1) is 6.36. The van der Waals surface area contributed by atoms with Gasteiger partial charge in [-0.3, -0.25) is 15.0 Å². The highest BCUT2D eigenvalue weighted by Gasteiger charge is 1.90. The molecule has 1 rings (SSSR count). The first-order valence-electron chi connectivity index (χ1n) is 4.24. The fourth-order valence-electron chi connectivity index (χ4n) is 0.963. The van der Waals surface area contributed by atoms with Crippen LogP contribution in [0.25, 0.3) is 0 Å². The van der Waals surface area contributed by atoms with Crippen LogP contribution in [0, 0.1) is 0 Å². The van der Waals surface area contributed by atoms with Crippen LogP contribution in [0.2, 0.25) is 0 Å². The number of pyridine rings is 1. The molecule has 68 valence electrons. The van der Waals surface area contributed by atoms with Gasteiger partial charge >= 0.3 is 0 Å². The van der Waals surface area contributed by atoms with E-state index in [-0.39, 0.29) is 0 Å². The lowest BCUT2D eigenvalue weighted by molar-refractivity contribution is 1.14. The summed E-state index contributed by atoms with van der Waals surface area (Å²) in [6, 6.07) is 2.00. The lowest BCUT2D eigenvalue weighted by Gasteiger charge is -1.93. The van der Waals surface area contributed by atoms with Gasteiger partial charge in [-0.1, -0.05) is 0 Å². The summed E-state index contributed by atoms with van der Waals surface area (Å²) in [7, 11) is 1.74. The third kappa shape index (κ3) is 3.15. The highest BCUT2D eigenvalue weighted by molar-refractivity contribution is 5.85. The van der Waals surface area contributed by atoms with E-state index in [1.54, 1.807) is 25.7 Å². The SMILES string of the molecule is CCN=Cc1cncc(C=NC)c1. The summed E-state index contributed by atoms with van der Waals surface area (Å²) in [5.74, 6) is 0. The van der Waals surface area contributed by atoms with Crippen LogP contribution in [-0.2, 0) is 0 Å². The van der Waals surface area contributed by atoms with Crippen LogP contribution in [0.1, 0.15) is 18.1 Å². The Morgan fingerprint density at radius 1 is 1.31 bits per heavy atom. The average Bonchev–Trinajstić information content (AvgIpc) is 2.16. The largest absolute Gasteiger partial charge is 0.296 e. The fraction of sp³-hybridized carbons (Fsp3) is 0.300. The predicted molar refractivity (Wildman–Crippen MR) is 55.9 cm³/mol. The summed E-state index contributed by atoms with van der Waals surface area (Å²) in [6.07, 6.45) is 7.15. The van der Waals surface area contributed by atoms with E-state index < -0.39 is 0 Å². The molecule has 1 aromatic heterocycles. The topological polar surface area (TPSA) is 37.6 Å². The van der Waals surface area contributed by atoms with Crippen LogP contribution < -0.4 is 0 Å². The van der Waals surface area contributed by atoms with Gasteiger partial charge in [-0.05, 0) is 13.0 Å². The minimum Gasteiger partial charge on any atom is -0.296 e. The molecule has 0 amide bonds. The summed E-state index contributed by atoms with van der Waals surface area (Å²) in [6.45, 7) is 2.80. The molecule has 0 aliphatic carbocycles. The highest BCUT2D eigenvalue weighted by atomic mass is 14.7. The van der Waals surface area contributed by atoms with Crippen molar-refractivity contribution in [2.45, 2.75) is 6.92 Å². The molecule has 0 aliphatic heterocycles. The van der Waals surface area contributed by atoms with Crippen molar-refractivity contribution in [3.05, 3.63) is 29.6 Å². The fourth-order valence-corrected chi connectivity index (χ4v) is 0.963. The van der Waals surface area contributed by atoms with Gasteiger partial charge in [-0.15, -0.1) is 0 Å². The molecule has 3 heteroatoms. The van der Waals surface area contributed by atoms with Crippen LogP contribution in [0.5, 0.6) is 0 Å². The number of aromatic nitrogens is 1. The van der Waals surface area contributed by atoms with E-state index in [0.29, 0.717) is 0 Å². The van der Waals surface area contributed by atoms with Crippen LogP contribution in [0.3, 0.4) is 0 Å². The summed E-state index contributed by atoms with van der Waals surface area (Å²) in [4.78, 5) is 12.1. The predicted octanol–water partition coefficient (Wildman–Crippen LogP) is 1.57. The molecule has 0 aliphatic rings. The van der Waals surface area contributed by atoms with E-state index in [2.05, 4.69) is 15.0 Å². The zero-order chi connectivity index (χ0) is 9.52. The second-order valence-electron chi connectivity index (χ2n) is 2.57. The molecule has 0 fully saturated rings. The maximum Gasteiger partial charge on any atom is 0.0361 e. The molecule has 0 saturated heterocycles. The van der Waals surface area contributed by atoms with Gasteiger partial charge < -0.3 is 0 Å². The third-order valence-corrected chi connectivity index (χ3v) is 1.48. The average molecular weight is 175 g/mol. The van der Waals surface area contributed by atoms with E-state index >= 15 is 0 Å². The van der Waals surface area contributed by atoms with Crippen molar-refractivity contribution >= 4 is 12.4 Å². The molecule has 0 bridgehead atoms. The molecule has 0 saturated carbocycles. The van der Waals surface area contributed by atoms with E-state index in [4.69, 9.17) is 0 Å². The number of rotatable bonds is 3. The van der Waals surface area contributed by atoms with Crippen molar-refractivity contribution in [3.8, 4) is 0 Å². The summed E-state index contributed by atoms with van der Waals surface area (Å²) >= 11 is 0. The molecular weight excluding hydrogens is 162 g/mol. The number of nitrogens with zero attached hydrogens (tertiary/aromatic N) is 3.